The van der Waals surface area contributed by atoms with Gasteiger partial charge < -0.3 is 4.74 Å². The number of unbranched alkanes of at least 4 members (excludes halogenated alkanes) is 8. The molecule has 3 aromatic rings. The molecule has 0 saturated heterocycles. The largest absolute Gasteiger partial charge is 0.462 e. The van der Waals surface area contributed by atoms with Crippen LogP contribution in [0.5, 0.6) is 5.75 Å². The van der Waals surface area contributed by atoms with Crippen LogP contribution >= 0.6 is 0 Å². The molecular weight excluding hydrogens is 632 g/mol. The predicted octanol–water partition coefficient (Wildman–Crippen LogP) is 14.9. The molecule has 5 rings (SSSR count). The molecule has 0 radical (unpaired) electrons. The van der Waals surface area contributed by atoms with Gasteiger partial charge in [0.2, 0.25) is 5.82 Å². The topological polar surface area (TPSA) is 9.23 Å². The number of benzene rings is 3. The zero-order chi connectivity index (χ0) is 35.3. The SMILES string of the molecule is CCC/C=C\Oc1ccc(-c2ccc(-c3ccc(C4CCC(C5CCC(CCCCCCCCCC)CC5)CC4)c(F)c3F)cc2)c(F)c1F. The van der Waals surface area contributed by atoms with E-state index in [0.29, 0.717) is 22.6 Å². The highest BCUT2D eigenvalue weighted by Crippen LogP contribution is 2.45. The Morgan fingerprint density at radius 3 is 1.70 bits per heavy atom. The molecule has 5 heteroatoms. The molecule has 0 spiro atoms. The summed E-state index contributed by atoms with van der Waals surface area (Å²) >= 11 is 0. The van der Waals surface area contributed by atoms with Gasteiger partial charge in [0.1, 0.15) is 0 Å². The first-order valence-electron chi connectivity index (χ1n) is 19.8. The molecule has 2 saturated carbocycles. The van der Waals surface area contributed by atoms with E-state index < -0.39 is 23.3 Å². The molecular formula is C45H58F4O. The number of hydrogen-bond donors (Lipinski definition) is 0. The van der Waals surface area contributed by atoms with Crippen LogP contribution in [0.25, 0.3) is 22.3 Å². The smallest absolute Gasteiger partial charge is 0.201 e. The maximum absolute atomic E-state index is 15.6. The molecule has 0 heterocycles. The van der Waals surface area contributed by atoms with E-state index in [1.54, 1.807) is 42.5 Å². The van der Waals surface area contributed by atoms with Gasteiger partial charge in [-0.15, -0.1) is 0 Å². The predicted molar refractivity (Wildman–Crippen MR) is 199 cm³/mol. The normalized spacial score (nSPS) is 21.2. The van der Waals surface area contributed by atoms with Gasteiger partial charge in [0, 0.05) is 11.1 Å². The Morgan fingerprint density at radius 2 is 1.10 bits per heavy atom. The van der Waals surface area contributed by atoms with Gasteiger partial charge in [-0.2, -0.15) is 4.39 Å². The van der Waals surface area contributed by atoms with Gasteiger partial charge in [0.05, 0.1) is 6.26 Å². The first-order chi connectivity index (χ1) is 24.4. The average molecular weight is 691 g/mol. The third kappa shape index (κ3) is 10.0. The van der Waals surface area contributed by atoms with E-state index in [4.69, 9.17) is 4.74 Å². The van der Waals surface area contributed by atoms with Gasteiger partial charge in [0.15, 0.2) is 23.2 Å². The zero-order valence-electron chi connectivity index (χ0n) is 30.4. The second kappa shape index (κ2) is 19.5. The molecule has 272 valence electrons. The molecule has 0 aromatic heterocycles. The quantitative estimate of drug-likeness (QED) is 0.0778. The van der Waals surface area contributed by atoms with Crippen molar-refractivity contribution in [3.05, 3.63) is 89.7 Å². The van der Waals surface area contributed by atoms with Gasteiger partial charge in [-0.1, -0.05) is 127 Å². The molecule has 0 atom stereocenters. The van der Waals surface area contributed by atoms with Gasteiger partial charge >= 0.3 is 0 Å². The fraction of sp³-hybridized carbons (Fsp3) is 0.556. The summed E-state index contributed by atoms with van der Waals surface area (Å²) in [4.78, 5) is 0. The Balaban J connectivity index is 1.10. The summed E-state index contributed by atoms with van der Waals surface area (Å²) < 4.78 is 66.0. The molecule has 3 aromatic carbocycles. The third-order valence-electron chi connectivity index (χ3n) is 11.6. The summed E-state index contributed by atoms with van der Waals surface area (Å²) in [6.45, 7) is 4.29. The van der Waals surface area contributed by atoms with Crippen LogP contribution in [0.4, 0.5) is 17.6 Å². The Kier molecular flexibility index (Phi) is 14.9. The van der Waals surface area contributed by atoms with Crippen LogP contribution in [0.15, 0.2) is 60.9 Å². The van der Waals surface area contributed by atoms with Crippen molar-refractivity contribution in [2.75, 3.05) is 0 Å². The minimum Gasteiger partial charge on any atom is -0.462 e. The summed E-state index contributed by atoms with van der Waals surface area (Å²) in [6, 6.07) is 12.7. The van der Waals surface area contributed by atoms with Gasteiger partial charge in [-0.05, 0) is 104 Å². The van der Waals surface area contributed by atoms with Crippen molar-refractivity contribution < 1.29 is 22.3 Å². The number of rotatable bonds is 17. The van der Waals surface area contributed by atoms with E-state index in [0.717, 1.165) is 50.4 Å². The minimum atomic E-state index is -1.07. The summed E-state index contributed by atoms with van der Waals surface area (Å²) in [5.74, 6) is -1.42. The van der Waals surface area contributed by atoms with Crippen molar-refractivity contribution in [2.45, 2.75) is 142 Å². The lowest BCUT2D eigenvalue weighted by atomic mass is 9.68. The fourth-order valence-electron chi connectivity index (χ4n) is 8.55. The Hall–Kier alpha value is -3.08. The third-order valence-corrected chi connectivity index (χ3v) is 11.6. The fourth-order valence-corrected chi connectivity index (χ4v) is 8.55. The molecule has 1 nitrogen and oxygen atoms in total. The van der Waals surface area contributed by atoms with Crippen molar-refractivity contribution in [1.29, 1.82) is 0 Å². The Labute approximate surface area is 298 Å². The van der Waals surface area contributed by atoms with E-state index >= 15 is 8.78 Å². The van der Waals surface area contributed by atoms with Crippen LogP contribution < -0.4 is 4.74 Å². The van der Waals surface area contributed by atoms with Gasteiger partial charge in [0.25, 0.3) is 0 Å². The summed E-state index contributed by atoms with van der Waals surface area (Å²) in [5, 5.41) is 0. The monoisotopic (exact) mass is 690 g/mol. The molecule has 50 heavy (non-hydrogen) atoms. The lowest BCUT2D eigenvalue weighted by Crippen LogP contribution is -2.25. The summed E-state index contributed by atoms with van der Waals surface area (Å²) in [7, 11) is 0. The minimum absolute atomic E-state index is 0.0439. The van der Waals surface area contributed by atoms with Crippen LogP contribution in [0.1, 0.15) is 147 Å². The summed E-state index contributed by atoms with van der Waals surface area (Å²) in [6.07, 6.45) is 26.8. The second-order valence-corrected chi connectivity index (χ2v) is 15.1. The molecule has 0 amide bonds. The lowest BCUT2D eigenvalue weighted by molar-refractivity contribution is 0.155. The standard InChI is InChI=1S/C45H58F4O/c1-3-5-7-8-9-10-11-12-14-32-15-17-33(18-16-32)34-19-21-35(22-20-34)38-27-28-39(43(47)42(38)46)36-23-25-37(26-24-36)40-29-30-41(45(49)44(40)48)50-31-13-6-4-2/h13,23-35H,3-12,14-22H2,1-2H3/b31-13-. The molecule has 2 aliphatic rings. The van der Waals surface area contributed by atoms with Gasteiger partial charge in [-0.3, -0.25) is 0 Å². The van der Waals surface area contributed by atoms with E-state index in [2.05, 4.69) is 6.92 Å². The highest BCUT2D eigenvalue weighted by molar-refractivity contribution is 5.72. The molecule has 0 bridgehead atoms. The van der Waals surface area contributed by atoms with E-state index in [1.165, 1.54) is 102 Å². The van der Waals surface area contributed by atoms with Crippen LogP contribution in [0.2, 0.25) is 0 Å². The number of hydrogen-bond acceptors (Lipinski definition) is 1. The highest BCUT2D eigenvalue weighted by atomic mass is 19.2. The highest BCUT2D eigenvalue weighted by Gasteiger charge is 2.32. The van der Waals surface area contributed by atoms with Crippen molar-refractivity contribution in [2.24, 2.45) is 17.8 Å². The first kappa shape index (κ1) is 38.2. The first-order valence-corrected chi connectivity index (χ1v) is 19.8. The number of halogens is 4. The molecule has 0 aliphatic heterocycles. The van der Waals surface area contributed by atoms with E-state index in [-0.39, 0.29) is 22.8 Å². The van der Waals surface area contributed by atoms with Crippen LogP contribution in [-0.2, 0) is 0 Å². The molecule has 0 N–H and O–H groups in total. The number of ether oxygens (including phenoxy) is 1. The van der Waals surface area contributed by atoms with Gasteiger partial charge in [-0.25, -0.2) is 13.2 Å². The van der Waals surface area contributed by atoms with Crippen molar-refractivity contribution in [3.8, 4) is 28.0 Å². The molecule has 0 unspecified atom stereocenters. The van der Waals surface area contributed by atoms with Crippen LogP contribution in [0.3, 0.4) is 0 Å². The molecule has 2 aliphatic carbocycles. The second-order valence-electron chi connectivity index (χ2n) is 15.1. The maximum Gasteiger partial charge on any atom is 0.201 e. The number of allylic oxidation sites excluding steroid dienone is 1. The van der Waals surface area contributed by atoms with Crippen LogP contribution in [-0.4, -0.2) is 0 Å². The average Bonchev–Trinajstić information content (AvgIpc) is 3.14. The summed E-state index contributed by atoms with van der Waals surface area (Å²) in [5.41, 5.74) is 1.65. The molecule has 2 fully saturated rings. The lowest BCUT2D eigenvalue weighted by Gasteiger charge is -2.38. The van der Waals surface area contributed by atoms with E-state index in [9.17, 15) is 8.78 Å². The Bertz CT molecular complexity index is 1500. The Morgan fingerprint density at radius 1 is 0.560 bits per heavy atom. The van der Waals surface area contributed by atoms with E-state index in [1.807, 2.05) is 6.92 Å². The van der Waals surface area contributed by atoms with Crippen molar-refractivity contribution in [1.82, 2.24) is 0 Å². The maximum atomic E-state index is 15.6. The van der Waals surface area contributed by atoms with Crippen LogP contribution in [0, 0.1) is 41.0 Å². The van der Waals surface area contributed by atoms with Crippen molar-refractivity contribution >= 4 is 0 Å². The van der Waals surface area contributed by atoms with Crippen molar-refractivity contribution in [3.63, 3.8) is 0 Å². The zero-order valence-corrected chi connectivity index (χ0v) is 30.4.